The number of aromatic nitrogens is 1. The predicted molar refractivity (Wildman–Crippen MR) is 69.6 cm³/mol. The Labute approximate surface area is 106 Å². The Morgan fingerprint density at radius 1 is 1.28 bits per heavy atom. The molecule has 94 valence electrons. The third-order valence-corrected chi connectivity index (χ3v) is 3.19. The summed E-state index contributed by atoms with van der Waals surface area (Å²) in [6.45, 7) is 2.43. The molecule has 0 radical (unpaired) electrons. The van der Waals surface area contributed by atoms with Gasteiger partial charge in [0.25, 0.3) is 0 Å². The normalized spacial score (nSPS) is 20.8. The van der Waals surface area contributed by atoms with Crippen LogP contribution < -0.4 is 5.32 Å². The minimum absolute atomic E-state index is 0.158. The molecule has 1 atom stereocenters. The van der Waals surface area contributed by atoms with Crippen LogP contribution in [0.1, 0.15) is 18.2 Å². The number of aromatic hydroxyl groups is 1. The van der Waals surface area contributed by atoms with Gasteiger partial charge in [-0.25, -0.2) is 0 Å². The van der Waals surface area contributed by atoms with E-state index in [1.165, 1.54) is 0 Å². The lowest BCUT2D eigenvalue weighted by molar-refractivity contribution is 0.131. The summed E-state index contributed by atoms with van der Waals surface area (Å²) in [5.74, 6) is 0.271. The first-order valence-corrected chi connectivity index (χ1v) is 6.24. The van der Waals surface area contributed by atoms with Gasteiger partial charge in [0, 0.05) is 12.0 Å². The first-order valence-electron chi connectivity index (χ1n) is 6.24. The number of hydrogen-bond donors (Lipinski definition) is 2. The standard InChI is InChI=1S/C14H16N2O2/c17-11-3-5-12-10(8-11)2-4-13(16-12)14-9-18-7-1-6-15-14/h2-5,8,14-15,17H,1,6-7,9H2. The van der Waals surface area contributed by atoms with E-state index in [1.54, 1.807) is 12.1 Å². The highest BCUT2D eigenvalue weighted by Gasteiger charge is 2.15. The zero-order valence-electron chi connectivity index (χ0n) is 10.1. The highest BCUT2D eigenvalue weighted by Crippen LogP contribution is 2.21. The molecule has 0 saturated carbocycles. The maximum atomic E-state index is 9.43. The number of nitrogens with zero attached hydrogens (tertiary/aromatic N) is 1. The Hall–Kier alpha value is -1.65. The fraction of sp³-hybridized carbons (Fsp3) is 0.357. The fourth-order valence-corrected chi connectivity index (χ4v) is 2.22. The number of pyridine rings is 1. The first kappa shape index (κ1) is 11.4. The van der Waals surface area contributed by atoms with Crippen molar-refractivity contribution in [3.8, 4) is 5.75 Å². The smallest absolute Gasteiger partial charge is 0.116 e. The molecule has 1 saturated heterocycles. The Kier molecular flexibility index (Phi) is 3.13. The Bertz CT molecular complexity index is 548. The van der Waals surface area contributed by atoms with E-state index in [-0.39, 0.29) is 11.8 Å². The summed E-state index contributed by atoms with van der Waals surface area (Å²) in [6, 6.07) is 9.37. The van der Waals surface area contributed by atoms with E-state index in [9.17, 15) is 5.11 Å². The van der Waals surface area contributed by atoms with Crippen LogP contribution in [0.15, 0.2) is 30.3 Å². The molecule has 2 aromatic rings. The van der Waals surface area contributed by atoms with Gasteiger partial charge < -0.3 is 15.2 Å². The average Bonchev–Trinajstić information content (AvgIpc) is 2.67. The fourth-order valence-electron chi connectivity index (χ4n) is 2.22. The molecule has 1 unspecified atom stereocenters. The number of benzene rings is 1. The second-order valence-corrected chi connectivity index (χ2v) is 4.55. The van der Waals surface area contributed by atoms with E-state index < -0.39 is 0 Å². The van der Waals surface area contributed by atoms with Gasteiger partial charge in [-0.3, -0.25) is 4.98 Å². The van der Waals surface area contributed by atoms with Crippen LogP contribution >= 0.6 is 0 Å². The molecule has 0 bridgehead atoms. The minimum atomic E-state index is 0.158. The molecule has 1 aromatic heterocycles. The van der Waals surface area contributed by atoms with Crippen LogP contribution in [-0.2, 0) is 4.74 Å². The van der Waals surface area contributed by atoms with E-state index >= 15 is 0 Å². The summed E-state index contributed by atoms with van der Waals surface area (Å²) in [5, 5.41) is 13.8. The van der Waals surface area contributed by atoms with Gasteiger partial charge in [-0.15, -0.1) is 0 Å². The number of phenolic OH excluding ortho intramolecular Hbond substituents is 1. The van der Waals surface area contributed by atoms with E-state index in [4.69, 9.17) is 4.74 Å². The Balaban J connectivity index is 1.94. The molecular weight excluding hydrogens is 228 g/mol. The summed E-state index contributed by atoms with van der Waals surface area (Å²) in [4.78, 5) is 4.63. The van der Waals surface area contributed by atoms with Crippen molar-refractivity contribution in [3.63, 3.8) is 0 Å². The van der Waals surface area contributed by atoms with Crippen LogP contribution in [0.3, 0.4) is 0 Å². The largest absolute Gasteiger partial charge is 0.508 e. The van der Waals surface area contributed by atoms with Gasteiger partial charge in [-0.2, -0.15) is 0 Å². The summed E-state index contributed by atoms with van der Waals surface area (Å²) < 4.78 is 5.55. The summed E-state index contributed by atoms with van der Waals surface area (Å²) in [6.07, 6.45) is 1.04. The van der Waals surface area contributed by atoms with Gasteiger partial charge in [0.05, 0.1) is 23.9 Å². The van der Waals surface area contributed by atoms with Crippen LogP contribution in [-0.4, -0.2) is 29.8 Å². The molecule has 3 rings (SSSR count). The van der Waals surface area contributed by atoms with Gasteiger partial charge >= 0.3 is 0 Å². The molecule has 1 aliphatic heterocycles. The van der Waals surface area contributed by atoms with Crippen molar-refractivity contribution in [2.24, 2.45) is 0 Å². The van der Waals surface area contributed by atoms with Gasteiger partial charge in [-0.05, 0) is 37.2 Å². The van der Waals surface area contributed by atoms with Crippen molar-refractivity contribution in [1.82, 2.24) is 10.3 Å². The molecule has 1 fully saturated rings. The van der Waals surface area contributed by atoms with Crippen molar-refractivity contribution in [1.29, 1.82) is 0 Å². The van der Waals surface area contributed by atoms with Crippen LogP contribution in [0.2, 0.25) is 0 Å². The van der Waals surface area contributed by atoms with Crippen molar-refractivity contribution in [2.45, 2.75) is 12.5 Å². The van der Waals surface area contributed by atoms with Crippen molar-refractivity contribution < 1.29 is 9.84 Å². The van der Waals surface area contributed by atoms with Crippen LogP contribution in [0.25, 0.3) is 10.9 Å². The summed E-state index contributed by atoms with van der Waals surface area (Å²) in [5.41, 5.74) is 1.89. The Morgan fingerprint density at radius 2 is 2.22 bits per heavy atom. The van der Waals surface area contributed by atoms with E-state index in [1.807, 2.05) is 18.2 Å². The van der Waals surface area contributed by atoms with Crippen LogP contribution in [0, 0.1) is 0 Å². The van der Waals surface area contributed by atoms with Gasteiger partial charge in [-0.1, -0.05) is 6.07 Å². The minimum Gasteiger partial charge on any atom is -0.508 e. The van der Waals surface area contributed by atoms with Crippen molar-refractivity contribution >= 4 is 10.9 Å². The number of rotatable bonds is 1. The first-order chi connectivity index (χ1) is 8.83. The maximum absolute atomic E-state index is 9.43. The molecule has 0 aliphatic carbocycles. The quantitative estimate of drug-likeness (QED) is 0.805. The molecule has 4 nitrogen and oxygen atoms in total. The van der Waals surface area contributed by atoms with Crippen molar-refractivity contribution in [3.05, 3.63) is 36.0 Å². The molecule has 2 heterocycles. The molecule has 18 heavy (non-hydrogen) atoms. The van der Waals surface area contributed by atoms with E-state index in [0.717, 1.165) is 36.2 Å². The highest BCUT2D eigenvalue weighted by molar-refractivity contribution is 5.80. The monoisotopic (exact) mass is 244 g/mol. The molecule has 0 spiro atoms. The molecule has 2 N–H and O–H groups in total. The van der Waals surface area contributed by atoms with E-state index in [0.29, 0.717) is 6.61 Å². The molecular formula is C14H16N2O2. The summed E-state index contributed by atoms with van der Waals surface area (Å²) in [7, 11) is 0. The maximum Gasteiger partial charge on any atom is 0.116 e. The van der Waals surface area contributed by atoms with Gasteiger partial charge in [0.1, 0.15) is 5.75 Å². The third kappa shape index (κ3) is 2.30. The number of fused-ring (bicyclic) bond motifs is 1. The molecule has 4 heteroatoms. The van der Waals surface area contributed by atoms with Gasteiger partial charge in [0.2, 0.25) is 0 Å². The van der Waals surface area contributed by atoms with Crippen molar-refractivity contribution in [2.75, 3.05) is 19.8 Å². The highest BCUT2D eigenvalue weighted by atomic mass is 16.5. The number of ether oxygens (including phenoxy) is 1. The SMILES string of the molecule is Oc1ccc2nc(C3COCCCN3)ccc2c1. The van der Waals surface area contributed by atoms with E-state index in [2.05, 4.69) is 10.3 Å². The zero-order chi connectivity index (χ0) is 12.4. The second kappa shape index (κ2) is 4.92. The number of nitrogens with one attached hydrogen (secondary N) is 1. The molecule has 0 amide bonds. The van der Waals surface area contributed by atoms with Gasteiger partial charge in [0.15, 0.2) is 0 Å². The number of hydrogen-bond acceptors (Lipinski definition) is 4. The zero-order valence-corrected chi connectivity index (χ0v) is 10.1. The number of phenols is 1. The lowest BCUT2D eigenvalue weighted by atomic mass is 10.1. The molecule has 1 aromatic carbocycles. The Morgan fingerprint density at radius 3 is 3.17 bits per heavy atom. The lowest BCUT2D eigenvalue weighted by Crippen LogP contribution is -2.24. The average molecular weight is 244 g/mol. The lowest BCUT2D eigenvalue weighted by Gasteiger charge is -2.15. The summed E-state index contributed by atoms with van der Waals surface area (Å²) >= 11 is 0. The molecule has 1 aliphatic rings. The third-order valence-electron chi connectivity index (χ3n) is 3.19. The predicted octanol–water partition coefficient (Wildman–Crippen LogP) is 1.99. The van der Waals surface area contributed by atoms with Crippen LogP contribution in [0.4, 0.5) is 0 Å². The topological polar surface area (TPSA) is 54.4 Å². The second-order valence-electron chi connectivity index (χ2n) is 4.55. The van der Waals surface area contributed by atoms with Crippen LogP contribution in [0.5, 0.6) is 5.75 Å².